The molecule has 0 saturated heterocycles. The molecule has 0 bridgehead atoms. The van der Waals surface area contributed by atoms with Gasteiger partial charge in [-0.15, -0.1) is 0 Å². The quantitative estimate of drug-likeness (QED) is 0.703. The Bertz CT molecular complexity index is 358. The van der Waals surface area contributed by atoms with E-state index in [9.17, 15) is 5.11 Å². The molecule has 0 saturated carbocycles. The highest BCUT2D eigenvalue weighted by molar-refractivity contribution is 5.57. The summed E-state index contributed by atoms with van der Waals surface area (Å²) in [5.74, 6) is 0.840. The van der Waals surface area contributed by atoms with Crippen LogP contribution in [0.1, 0.15) is 44.6 Å². The summed E-state index contributed by atoms with van der Waals surface area (Å²) >= 11 is 0. The van der Waals surface area contributed by atoms with Crippen LogP contribution in [0, 0.1) is 0 Å². The zero-order valence-electron chi connectivity index (χ0n) is 11.4. The molecule has 1 N–H and O–H groups in total. The van der Waals surface area contributed by atoms with Gasteiger partial charge in [-0.2, -0.15) is 0 Å². The summed E-state index contributed by atoms with van der Waals surface area (Å²) in [5, 5.41) is 9.85. The molecule has 0 aromatic heterocycles. The Balaban J connectivity index is 2.42. The van der Waals surface area contributed by atoms with Gasteiger partial charge in [0.1, 0.15) is 5.75 Å². The molecule has 1 unspecified atom stereocenters. The fourth-order valence-electron chi connectivity index (χ4n) is 1.90. The maximum absolute atomic E-state index is 9.85. The average Bonchev–Trinajstić information content (AvgIpc) is 2.41. The van der Waals surface area contributed by atoms with Crippen molar-refractivity contribution in [2.24, 2.45) is 0 Å². The SMILES string of the molecule is CCCCCCC(O)/C=C/c1ccccc1OC. The van der Waals surface area contributed by atoms with Crippen LogP contribution in [0.25, 0.3) is 6.08 Å². The Labute approximate surface area is 110 Å². The van der Waals surface area contributed by atoms with Gasteiger partial charge in [-0.1, -0.05) is 63.0 Å². The predicted octanol–water partition coefficient (Wildman–Crippen LogP) is 4.04. The highest BCUT2D eigenvalue weighted by atomic mass is 16.5. The molecule has 18 heavy (non-hydrogen) atoms. The van der Waals surface area contributed by atoms with E-state index in [2.05, 4.69) is 6.92 Å². The number of unbranched alkanes of at least 4 members (excludes halogenated alkanes) is 3. The number of aliphatic hydroxyl groups excluding tert-OH is 1. The average molecular weight is 248 g/mol. The molecule has 0 radical (unpaired) electrons. The molecule has 0 aliphatic heterocycles. The second kappa shape index (κ2) is 8.76. The van der Waals surface area contributed by atoms with Crippen molar-refractivity contribution in [2.75, 3.05) is 7.11 Å². The summed E-state index contributed by atoms with van der Waals surface area (Å²) in [4.78, 5) is 0. The molecule has 0 spiro atoms. The zero-order valence-corrected chi connectivity index (χ0v) is 11.4. The van der Waals surface area contributed by atoms with Crippen molar-refractivity contribution in [3.05, 3.63) is 35.9 Å². The van der Waals surface area contributed by atoms with Crippen LogP contribution in [-0.2, 0) is 0 Å². The second-order valence-electron chi connectivity index (χ2n) is 4.52. The van der Waals surface area contributed by atoms with Crippen LogP contribution in [0.3, 0.4) is 0 Å². The van der Waals surface area contributed by atoms with E-state index >= 15 is 0 Å². The van der Waals surface area contributed by atoms with Gasteiger partial charge in [-0.05, 0) is 12.5 Å². The number of hydrogen-bond donors (Lipinski definition) is 1. The fraction of sp³-hybridized carbons (Fsp3) is 0.500. The number of benzene rings is 1. The van der Waals surface area contributed by atoms with Crippen LogP contribution < -0.4 is 4.74 Å². The van der Waals surface area contributed by atoms with Crippen molar-refractivity contribution >= 4 is 6.08 Å². The van der Waals surface area contributed by atoms with Gasteiger partial charge in [-0.25, -0.2) is 0 Å². The van der Waals surface area contributed by atoms with Gasteiger partial charge in [0.2, 0.25) is 0 Å². The largest absolute Gasteiger partial charge is 0.496 e. The summed E-state index contributed by atoms with van der Waals surface area (Å²) in [6, 6.07) is 7.82. The normalized spacial score (nSPS) is 12.8. The summed E-state index contributed by atoms with van der Waals surface area (Å²) in [6.07, 6.45) is 9.04. The van der Waals surface area contributed by atoms with Crippen molar-refractivity contribution in [2.45, 2.75) is 45.1 Å². The van der Waals surface area contributed by atoms with E-state index in [-0.39, 0.29) is 6.10 Å². The topological polar surface area (TPSA) is 29.5 Å². The van der Waals surface area contributed by atoms with Crippen molar-refractivity contribution in [3.8, 4) is 5.75 Å². The van der Waals surface area contributed by atoms with Crippen LogP contribution in [0.4, 0.5) is 0 Å². The van der Waals surface area contributed by atoms with Crippen molar-refractivity contribution in [3.63, 3.8) is 0 Å². The minimum Gasteiger partial charge on any atom is -0.496 e. The molecule has 0 aliphatic rings. The third-order valence-corrected chi connectivity index (χ3v) is 2.99. The monoisotopic (exact) mass is 248 g/mol. The van der Waals surface area contributed by atoms with E-state index in [0.717, 1.165) is 24.2 Å². The minimum absolute atomic E-state index is 0.355. The van der Waals surface area contributed by atoms with E-state index in [4.69, 9.17) is 4.74 Å². The van der Waals surface area contributed by atoms with Gasteiger partial charge >= 0.3 is 0 Å². The minimum atomic E-state index is -0.355. The molecule has 2 heteroatoms. The van der Waals surface area contributed by atoms with Crippen LogP contribution in [0.15, 0.2) is 30.3 Å². The van der Waals surface area contributed by atoms with Crippen molar-refractivity contribution in [1.82, 2.24) is 0 Å². The fourth-order valence-corrected chi connectivity index (χ4v) is 1.90. The Hall–Kier alpha value is -1.28. The second-order valence-corrected chi connectivity index (χ2v) is 4.52. The zero-order chi connectivity index (χ0) is 13.2. The third-order valence-electron chi connectivity index (χ3n) is 2.99. The molecule has 0 aliphatic carbocycles. The molecular formula is C16H24O2. The first-order valence-corrected chi connectivity index (χ1v) is 6.77. The van der Waals surface area contributed by atoms with Gasteiger partial charge in [0.15, 0.2) is 0 Å². The van der Waals surface area contributed by atoms with Gasteiger partial charge in [0.05, 0.1) is 13.2 Å². The maximum atomic E-state index is 9.85. The van der Waals surface area contributed by atoms with E-state index < -0.39 is 0 Å². The van der Waals surface area contributed by atoms with Gasteiger partial charge in [0, 0.05) is 5.56 Å². The first-order chi connectivity index (χ1) is 8.77. The molecule has 0 fully saturated rings. The summed E-state index contributed by atoms with van der Waals surface area (Å²) in [5.41, 5.74) is 1.01. The lowest BCUT2D eigenvalue weighted by Gasteiger charge is -2.06. The molecule has 1 aromatic carbocycles. The lowest BCUT2D eigenvalue weighted by Crippen LogP contribution is -2.01. The molecule has 0 heterocycles. The van der Waals surface area contributed by atoms with Crippen LogP contribution in [0.5, 0.6) is 5.75 Å². The smallest absolute Gasteiger partial charge is 0.126 e. The van der Waals surface area contributed by atoms with Crippen LogP contribution in [0.2, 0.25) is 0 Å². The molecule has 1 atom stereocenters. The Kier molecular flexibility index (Phi) is 7.19. The molecule has 2 nitrogen and oxygen atoms in total. The number of methoxy groups -OCH3 is 1. The lowest BCUT2D eigenvalue weighted by atomic mass is 10.1. The lowest BCUT2D eigenvalue weighted by molar-refractivity contribution is 0.209. The van der Waals surface area contributed by atoms with E-state index in [0.29, 0.717) is 0 Å². The predicted molar refractivity (Wildman–Crippen MR) is 76.8 cm³/mol. The Morgan fingerprint density at radius 3 is 2.72 bits per heavy atom. The van der Waals surface area contributed by atoms with E-state index in [1.807, 2.05) is 36.4 Å². The molecule has 1 rings (SSSR count). The summed E-state index contributed by atoms with van der Waals surface area (Å²) in [6.45, 7) is 2.19. The Morgan fingerprint density at radius 1 is 1.22 bits per heavy atom. The highest BCUT2D eigenvalue weighted by Crippen LogP contribution is 2.19. The molecule has 0 amide bonds. The summed E-state index contributed by atoms with van der Waals surface area (Å²) < 4.78 is 5.26. The molecule has 100 valence electrons. The number of hydrogen-bond acceptors (Lipinski definition) is 2. The Morgan fingerprint density at radius 2 is 2.00 bits per heavy atom. The molecule has 1 aromatic rings. The molecular weight excluding hydrogens is 224 g/mol. The number of ether oxygens (including phenoxy) is 1. The van der Waals surface area contributed by atoms with E-state index in [1.165, 1.54) is 19.3 Å². The first kappa shape index (κ1) is 14.8. The number of aliphatic hydroxyl groups is 1. The van der Waals surface area contributed by atoms with Crippen molar-refractivity contribution in [1.29, 1.82) is 0 Å². The van der Waals surface area contributed by atoms with Crippen LogP contribution in [-0.4, -0.2) is 18.3 Å². The van der Waals surface area contributed by atoms with E-state index in [1.54, 1.807) is 7.11 Å². The maximum Gasteiger partial charge on any atom is 0.126 e. The standard InChI is InChI=1S/C16H24O2/c1-3-4-5-6-10-15(17)13-12-14-9-7-8-11-16(14)18-2/h7-9,11-13,15,17H,3-6,10H2,1-2H3/b13-12+. The van der Waals surface area contributed by atoms with Crippen LogP contribution >= 0.6 is 0 Å². The number of rotatable bonds is 8. The number of para-hydroxylation sites is 1. The summed E-state index contributed by atoms with van der Waals surface area (Å²) in [7, 11) is 1.66. The highest BCUT2D eigenvalue weighted by Gasteiger charge is 2.01. The van der Waals surface area contributed by atoms with Gasteiger partial charge < -0.3 is 9.84 Å². The van der Waals surface area contributed by atoms with Crippen molar-refractivity contribution < 1.29 is 9.84 Å². The third kappa shape index (κ3) is 5.37. The van der Waals surface area contributed by atoms with Gasteiger partial charge in [0.25, 0.3) is 0 Å². The van der Waals surface area contributed by atoms with Gasteiger partial charge in [-0.3, -0.25) is 0 Å². The first-order valence-electron chi connectivity index (χ1n) is 6.77.